The second-order valence-corrected chi connectivity index (χ2v) is 15.7. The molecule has 0 amide bonds. The summed E-state index contributed by atoms with van der Waals surface area (Å²) in [6.07, 6.45) is -24.6. The van der Waals surface area contributed by atoms with E-state index in [9.17, 15) is 86.2 Å². The smallest absolute Gasteiger partial charge is 0.870 e. The van der Waals surface area contributed by atoms with E-state index in [1.807, 2.05) is 0 Å². The van der Waals surface area contributed by atoms with Crippen molar-refractivity contribution >= 4 is 73.4 Å². The molecule has 0 aromatic rings. The van der Waals surface area contributed by atoms with Crippen molar-refractivity contribution in [1.29, 1.82) is 0 Å². The number of rotatable bonds is 24. The van der Waals surface area contributed by atoms with Gasteiger partial charge in [-0.05, 0) is 0 Å². The van der Waals surface area contributed by atoms with E-state index < -0.39 is 148 Å². The van der Waals surface area contributed by atoms with Crippen LogP contribution >= 0.6 is 0 Å². The monoisotopic (exact) mass is 1210 g/mol. The third-order valence-corrected chi connectivity index (χ3v) is 8.61. The van der Waals surface area contributed by atoms with Gasteiger partial charge in [-0.15, -0.1) is 0 Å². The Kier molecular flexibility index (Phi) is 61.8. The van der Waals surface area contributed by atoms with Crippen LogP contribution in [0.3, 0.4) is 0 Å². The Hall–Kier alpha value is 10.4. The van der Waals surface area contributed by atoms with Crippen molar-refractivity contribution in [2.24, 2.45) is 0 Å². The zero-order valence-corrected chi connectivity index (χ0v) is 59.9. The van der Waals surface area contributed by atoms with E-state index in [0.29, 0.717) is 14.2 Å². The van der Waals surface area contributed by atoms with Crippen molar-refractivity contribution in [3.63, 3.8) is 0 Å². The first-order valence-corrected chi connectivity index (χ1v) is 21.1. The molecule has 0 saturated carbocycles. The van der Waals surface area contributed by atoms with Gasteiger partial charge in [0, 0.05) is 14.2 Å². The molecule has 46 heteroatoms. The van der Waals surface area contributed by atoms with E-state index in [-0.39, 0.29) is 373 Å². The van der Waals surface area contributed by atoms with E-state index in [2.05, 4.69) is 29.3 Å². The molecule has 0 unspecified atom stereocenters. The Labute approximate surface area is 651 Å². The predicted molar refractivity (Wildman–Crippen MR) is 148 cm³/mol. The van der Waals surface area contributed by atoms with Crippen LogP contribution in [-0.4, -0.2) is 172 Å². The molecule has 1 rings (SSSR count). The topological polar surface area (TPSA) is 509 Å². The Morgan fingerprint density at radius 1 is 0.541 bits per heavy atom. The molecule has 9 atom stereocenters. The number of ether oxygens (including phenoxy) is 4. The van der Waals surface area contributed by atoms with Gasteiger partial charge in [0.2, 0.25) is 62.4 Å². The zero-order chi connectivity index (χ0) is 40.7. The van der Waals surface area contributed by atoms with Crippen LogP contribution in [-0.2, 0) is 130 Å². The number of hydrogen-bond acceptors (Lipinski definition) is 33. The van der Waals surface area contributed by atoms with Gasteiger partial charge in [0.1, 0.15) is 36.6 Å². The molecule has 0 aromatic heterocycles. The van der Waals surface area contributed by atoms with Gasteiger partial charge >= 0.3 is 360 Å². The van der Waals surface area contributed by atoms with Crippen molar-refractivity contribution in [3.05, 3.63) is 0 Å². The summed E-state index contributed by atoms with van der Waals surface area (Å²) in [5.74, 6) is 0. The van der Waals surface area contributed by atoms with Crippen molar-refractivity contribution in [2.75, 3.05) is 34.0 Å². The van der Waals surface area contributed by atoms with Crippen LogP contribution in [0.25, 0.3) is 0 Å². The molecule has 32 nitrogen and oxygen atoms in total. The molecule has 61 heavy (non-hydrogen) atoms. The molecule has 1 fully saturated rings. The summed E-state index contributed by atoms with van der Waals surface area (Å²) in [6, 6.07) is 0. The molecular weight excluding hydrogens is 1190 g/mol. The van der Waals surface area contributed by atoms with Crippen LogP contribution < -0.4 is 360 Å². The van der Waals surface area contributed by atoms with Crippen molar-refractivity contribution in [2.45, 2.75) is 62.5 Å². The number of methoxy groups -OCH3 is 2. The largest absolute Gasteiger partial charge is 1.00 e. The maximum absolute atomic E-state index is 11.6. The van der Waals surface area contributed by atoms with Crippen LogP contribution in [0.4, 0.5) is 0 Å². The van der Waals surface area contributed by atoms with Crippen LogP contribution in [0.5, 0.6) is 0 Å². The fraction of sp³-hybridized carbons (Fsp3) is 1.00. The minimum absolute atomic E-state index is 0. The molecule has 0 aromatic carbocycles. The molecule has 1 N–H and O–H groups in total. The molecule has 0 spiro atoms. The maximum atomic E-state index is 11.6. The standard InChI is InChI=1S/C14H27O31S7.CH4.7K.H2O/c1-35-9(10(36-2)8(43-50(26,27)28)5-39-48(20,21)22)7(42-49(23,24)25)3-37-14-13(45-52(32,33)34)12(44-51(29,30)31)11(41-46(15)16)6(40-14)4-38-47(17,18)19;;;;;;;;;/h6-14H,3-5H2,1-2H3,(H,17,18,19)(H,20,21,22)(H,23,24,25)(H,26,27,28)(H,29,30,31)(H,32,33,34);1H4;;;;;;;;1H2/q-1;;7*+1;/p-7/t6-,7-,8-,9-,10-,11-,12+,13-,14-;;;;;;;;;/m1........./s1. The minimum atomic E-state index is -6.19. The summed E-state index contributed by atoms with van der Waals surface area (Å²) < 4.78 is 274. The Morgan fingerprint density at radius 3 is 1.21 bits per heavy atom. The van der Waals surface area contributed by atoms with E-state index in [1.165, 1.54) is 0 Å². The van der Waals surface area contributed by atoms with Gasteiger partial charge in [0.25, 0.3) is 0 Å². The average Bonchev–Trinajstić information content (AvgIpc) is 2.90. The summed E-state index contributed by atoms with van der Waals surface area (Å²) in [4.78, 5) is 0. The molecular formula is C15H26K7O32S7-. The van der Waals surface area contributed by atoms with Crippen LogP contribution in [0, 0.1) is 0 Å². The first-order valence-electron chi connectivity index (χ1n) is 12.1. The second-order valence-electron chi connectivity index (χ2n) is 8.95. The molecule has 0 bridgehead atoms. The summed E-state index contributed by atoms with van der Waals surface area (Å²) in [5, 5.41) is 0. The summed E-state index contributed by atoms with van der Waals surface area (Å²) in [6.45, 7) is -5.21. The normalized spacial score (nSPS) is 21.4. The molecule has 1 saturated heterocycles. The Bertz CT molecular complexity index is 1940. The molecule has 1 heterocycles. The van der Waals surface area contributed by atoms with Crippen LogP contribution in [0.1, 0.15) is 7.43 Å². The van der Waals surface area contributed by atoms with Crippen LogP contribution in [0.2, 0.25) is 0 Å². The molecule has 0 aliphatic carbocycles. The third-order valence-electron chi connectivity index (χ3n) is 5.50. The van der Waals surface area contributed by atoms with E-state index >= 15 is 0 Å². The van der Waals surface area contributed by atoms with Crippen molar-refractivity contribution in [1.82, 2.24) is 0 Å². The SMILES string of the molecule is C.CO[C@@H]([C@H](OC)[C@@H](COS(=O)(=O)[O-])OS(=O)(=O)[O-])[C@@H](CO[C@@H]1O[C@H](COS(=O)(=O)[O-])[C@@H](O[S-](=O)=O)[C@H](OS(=O)(=O)[O-])[C@H]1OS(=O)(=O)[O-])OS(=O)(=O)[O-].[K+].[K+].[K+].[K+].[K+].[K+].[K+].[OH-]. The van der Waals surface area contributed by atoms with Gasteiger partial charge < -0.3 is 64.3 Å². The molecule has 1 aliphatic rings. The Morgan fingerprint density at radius 2 is 0.902 bits per heavy atom. The van der Waals surface area contributed by atoms with E-state index in [0.717, 1.165) is 0 Å². The van der Waals surface area contributed by atoms with E-state index in [1.54, 1.807) is 0 Å². The molecule has 1 aliphatic heterocycles. The van der Waals surface area contributed by atoms with Gasteiger partial charge in [-0.3, -0.25) is 25.1 Å². The summed E-state index contributed by atoms with van der Waals surface area (Å²) >= 11 is 0. The third kappa shape index (κ3) is 43.1. The van der Waals surface area contributed by atoms with Gasteiger partial charge in [0.15, 0.2) is 12.4 Å². The van der Waals surface area contributed by atoms with Gasteiger partial charge in [-0.25, -0.2) is 50.5 Å². The average molecular weight is 1220 g/mol. The Balaban J connectivity index is -0.000000429. The van der Waals surface area contributed by atoms with E-state index in [4.69, 9.17) is 18.9 Å². The van der Waals surface area contributed by atoms with Crippen LogP contribution in [0.15, 0.2) is 0 Å². The first kappa shape index (κ1) is 90.9. The fourth-order valence-electron chi connectivity index (χ4n) is 3.98. The van der Waals surface area contributed by atoms with Gasteiger partial charge in [-0.1, -0.05) is 7.43 Å². The van der Waals surface area contributed by atoms with Gasteiger partial charge in [-0.2, -0.15) is 0 Å². The summed E-state index contributed by atoms with van der Waals surface area (Å²) in [5.41, 5.74) is 0. The minimum Gasteiger partial charge on any atom is -0.870 e. The quantitative estimate of drug-likeness (QED) is 0.0375. The van der Waals surface area contributed by atoms with Crippen molar-refractivity contribution in [3.8, 4) is 0 Å². The van der Waals surface area contributed by atoms with Crippen molar-refractivity contribution < 1.29 is 500 Å². The zero-order valence-electron chi connectivity index (χ0n) is 32.3. The number of hydrogen-bond donors (Lipinski definition) is 0. The maximum Gasteiger partial charge on any atom is 1.00 e. The van der Waals surface area contributed by atoms with Gasteiger partial charge in [0.05, 0.1) is 36.9 Å². The first-order chi connectivity index (χ1) is 23.2. The molecule has 328 valence electrons. The summed E-state index contributed by atoms with van der Waals surface area (Å²) in [7, 11) is -38.5. The fourth-order valence-corrected chi connectivity index (χ4v) is 6.90. The predicted octanol–water partition coefficient (Wildman–Crippen LogP) is -27.8. The second kappa shape index (κ2) is 41.5. The molecule has 0 radical (unpaired) electrons.